The van der Waals surface area contributed by atoms with Crippen LogP contribution in [0.5, 0.6) is 0 Å². The Morgan fingerprint density at radius 2 is 1.79 bits per heavy atom. The molecule has 0 aromatic heterocycles. The van der Waals surface area contributed by atoms with Gasteiger partial charge in [-0.15, -0.1) is 0 Å². The fraction of sp³-hybridized carbons (Fsp3) is 0.529. The molecule has 6 nitrogen and oxygen atoms in total. The minimum atomic E-state index is -0.522. The van der Waals surface area contributed by atoms with Crippen molar-refractivity contribution in [3.05, 3.63) is 35.6 Å². The smallest absolute Gasteiger partial charge is 0.256 e. The van der Waals surface area contributed by atoms with E-state index in [-0.39, 0.29) is 24.0 Å². The third-order valence-electron chi connectivity index (χ3n) is 3.90. The van der Waals surface area contributed by atoms with Crippen molar-refractivity contribution in [1.82, 2.24) is 9.80 Å². The highest BCUT2D eigenvalue weighted by atomic mass is 19.1. The minimum absolute atomic E-state index is 0.00458. The summed E-state index contributed by atoms with van der Waals surface area (Å²) in [6, 6.07) is 5.95. The molecular formula is C17H23FN2O4. The molecule has 1 fully saturated rings. The second-order valence-electron chi connectivity index (χ2n) is 5.55. The van der Waals surface area contributed by atoms with E-state index in [1.165, 1.54) is 12.1 Å². The standard InChI is InChI=1S/C17H23FN2O4/c1-23-11-12-24-13-16(21)19-7-4-8-20(10-9-19)17(22)14-5-2-3-6-15(14)18/h2-3,5-6H,4,7-13H2,1H3. The number of amides is 2. The zero-order valence-electron chi connectivity index (χ0n) is 13.9. The Morgan fingerprint density at radius 1 is 1.08 bits per heavy atom. The van der Waals surface area contributed by atoms with Gasteiger partial charge in [-0.25, -0.2) is 4.39 Å². The van der Waals surface area contributed by atoms with Gasteiger partial charge < -0.3 is 19.3 Å². The number of carbonyl (C=O) groups is 2. The maximum absolute atomic E-state index is 13.8. The lowest BCUT2D eigenvalue weighted by atomic mass is 10.2. The first-order chi connectivity index (χ1) is 11.6. The Kier molecular flexibility index (Phi) is 7.14. The van der Waals surface area contributed by atoms with E-state index in [2.05, 4.69) is 0 Å². The molecule has 1 aromatic rings. The van der Waals surface area contributed by atoms with Gasteiger partial charge in [0.15, 0.2) is 0 Å². The number of ether oxygens (including phenoxy) is 2. The number of hydrogen-bond donors (Lipinski definition) is 0. The summed E-state index contributed by atoms with van der Waals surface area (Å²) in [5, 5.41) is 0. The molecule has 2 rings (SSSR count). The highest BCUT2D eigenvalue weighted by Crippen LogP contribution is 2.12. The fourth-order valence-corrected chi connectivity index (χ4v) is 2.57. The molecule has 0 radical (unpaired) electrons. The maximum Gasteiger partial charge on any atom is 0.256 e. The van der Waals surface area contributed by atoms with Crippen molar-refractivity contribution in [3.8, 4) is 0 Å². The van der Waals surface area contributed by atoms with E-state index in [9.17, 15) is 14.0 Å². The quantitative estimate of drug-likeness (QED) is 0.731. The summed E-state index contributed by atoms with van der Waals surface area (Å²) >= 11 is 0. The lowest BCUT2D eigenvalue weighted by molar-refractivity contribution is -0.136. The summed E-state index contributed by atoms with van der Waals surface area (Å²) in [5.74, 6) is -0.962. The Bertz CT molecular complexity index is 567. The average molecular weight is 338 g/mol. The van der Waals surface area contributed by atoms with E-state index in [0.717, 1.165) is 0 Å². The van der Waals surface area contributed by atoms with E-state index in [0.29, 0.717) is 45.8 Å². The molecule has 1 heterocycles. The first-order valence-corrected chi connectivity index (χ1v) is 8.01. The van der Waals surface area contributed by atoms with E-state index in [1.807, 2.05) is 0 Å². The molecule has 2 amide bonds. The molecule has 132 valence electrons. The average Bonchev–Trinajstić information content (AvgIpc) is 2.84. The van der Waals surface area contributed by atoms with Crippen LogP contribution in [-0.2, 0) is 14.3 Å². The predicted octanol–water partition coefficient (Wildman–Crippen LogP) is 1.16. The molecule has 7 heteroatoms. The van der Waals surface area contributed by atoms with Crippen LogP contribution >= 0.6 is 0 Å². The van der Waals surface area contributed by atoms with Crippen LogP contribution in [0.25, 0.3) is 0 Å². The van der Waals surface area contributed by atoms with Crippen LogP contribution in [0.4, 0.5) is 4.39 Å². The summed E-state index contributed by atoms with van der Waals surface area (Å²) < 4.78 is 23.9. The zero-order valence-corrected chi connectivity index (χ0v) is 13.9. The molecule has 0 bridgehead atoms. The predicted molar refractivity (Wildman–Crippen MR) is 86.2 cm³/mol. The second-order valence-corrected chi connectivity index (χ2v) is 5.55. The van der Waals surface area contributed by atoms with E-state index in [1.54, 1.807) is 29.0 Å². The number of rotatable bonds is 6. The first-order valence-electron chi connectivity index (χ1n) is 8.01. The number of hydrogen-bond acceptors (Lipinski definition) is 4. The zero-order chi connectivity index (χ0) is 17.4. The van der Waals surface area contributed by atoms with Crippen LogP contribution < -0.4 is 0 Å². The van der Waals surface area contributed by atoms with Gasteiger partial charge in [-0.3, -0.25) is 9.59 Å². The molecule has 0 N–H and O–H groups in total. The SMILES string of the molecule is COCCOCC(=O)N1CCCN(C(=O)c2ccccc2F)CC1. The lowest BCUT2D eigenvalue weighted by Crippen LogP contribution is -2.39. The second kappa shape index (κ2) is 9.34. The van der Waals surface area contributed by atoms with Crippen molar-refractivity contribution in [2.75, 3.05) is 53.1 Å². The highest BCUT2D eigenvalue weighted by Gasteiger charge is 2.24. The van der Waals surface area contributed by atoms with Gasteiger partial charge in [0.25, 0.3) is 5.91 Å². The topological polar surface area (TPSA) is 59.1 Å². The largest absolute Gasteiger partial charge is 0.382 e. The van der Waals surface area contributed by atoms with Crippen LogP contribution in [0.1, 0.15) is 16.8 Å². The Labute approximate surface area is 141 Å². The van der Waals surface area contributed by atoms with Gasteiger partial charge in [-0.2, -0.15) is 0 Å². The monoisotopic (exact) mass is 338 g/mol. The third kappa shape index (κ3) is 5.01. The third-order valence-corrected chi connectivity index (χ3v) is 3.90. The first kappa shape index (κ1) is 18.4. The molecule has 0 atom stereocenters. The van der Waals surface area contributed by atoms with Gasteiger partial charge in [-0.05, 0) is 18.6 Å². The van der Waals surface area contributed by atoms with Gasteiger partial charge in [0, 0.05) is 33.3 Å². The normalized spacial score (nSPS) is 15.2. The van der Waals surface area contributed by atoms with Gasteiger partial charge in [-0.1, -0.05) is 12.1 Å². The number of nitrogens with zero attached hydrogens (tertiary/aromatic N) is 2. The van der Waals surface area contributed by atoms with E-state index < -0.39 is 5.82 Å². The Balaban J connectivity index is 1.87. The fourth-order valence-electron chi connectivity index (χ4n) is 2.57. The Morgan fingerprint density at radius 3 is 2.54 bits per heavy atom. The summed E-state index contributed by atoms with van der Waals surface area (Å²) in [6.07, 6.45) is 0.657. The van der Waals surface area contributed by atoms with Crippen LogP contribution in [0.15, 0.2) is 24.3 Å². The van der Waals surface area contributed by atoms with Crippen LogP contribution in [0.2, 0.25) is 0 Å². The summed E-state index contributed by atoms with van der Waals surface area (Å²) in [5.41, 5.74) is 0.0696. The summed E-state index contributed by atoms with van der Waals surface area (Å²) in [4.78, 5) is 27.8. The van der Waals surface area contributed by atoms with Crippen molar-refractivity contribution < 1.29 is 23.5 Å². The van der Waals surface area contributed by atoms with Gasteiger partial charge in [0.1, 0.15) is 12.4 Å². The van der Waals surface area contributed by atoms with E-state index in [4.69, 9.17) is 9.47 Å². The number of methoxy groups -OCH3 is 1. The molecule has 1 saturated heterocycles. The highest BCUT2D eigenvalue weighted by molar-refractivity contribution is 5.94. The van der Waals surface area contributed by atoms with Crippen molar-refractivity contribution in [1.29, 1.82) is 0 Å². The summed E-state index contributed by atoms with van der Waals surface area (Å²) in [7, 11) is 1.57. The van der Waals surface area contributed by atoms with Crippen LogP contribution in [0, 0.1) is 5.82 Å². The van der Waals surface area contributed by atoms with E-state index >= 15 is 0 Å². The van der Waals surface area contributed by atoms with Crippen molar-refractivity contribution >= 4 is 11.8 Å². The van der Waals surface area contributed by atoms with Crippen molar-refractivity contribution in [3.63, 3.8) is 0 Å². The number of benzene rings is 1. The molecule has 0 spiro atoms. The molecule has 1 aliphatic heterocycles. The molecule has 1 aliphatic rings. The minimum Gasteiger partial charge on any atom is -0.382 e. The molecule has 1 aromatic carbocycles. The van der Waals surface area contributed by atoms with Gasteiger partial charge >= 0.3 is 0 Å². The molecule has 0 aliphatic carbocycles. The van der Waals surface area contributed by atoms with Crippen molar-refractivity contribution in [2.24, 2.45) is 0 Å². The van der Waals surface area contributed by atoms with Crippen LogP contribution in [-0.4, -0.2) is 74.7 Å². The number of carbonyl (C=O) groups excluding carboxylic acids is 2. The Hall–Kier alpha value is -1.99. The van der Waals surface area contributed by atoms with Gasteiger partial charge in [0.05, 0.1) is 18.8 Å². The molecular weight excluding hydrogens is 315 g/mol. The molecule has 0 unspecified atom stereocenters. The summed E-state index contributed by atoms with van der Waals surface area (Å²) in [6.45, 7) is 2.69. The maximum atomic E-state index is 13.8. The molecule has 24 heavy (non-hydrogen) atoms. The van der Waals surface area contributed by atoms with Crippen LogP contribution in [0.3, 0.4) is 0 Å². The number of halogens is 1. The molecule has 0 saturated carbocycles. The lowest BCUT2D eigenvalue weighted by Gasteiger charge is -2.22. The van der Waals surface area contributed by atoms with Gasteiger partial charge in [0.2, 0.25) is 5.91 Å². The van der Waals surface area contributed by atoms with Crippen molar-refractivity contribution in [2.45, 2.75) is 6.42 Å².